The predicted molar refractivity (Wildman–Crippen MR) is 115 cm³/mol. The van der Waals surface area contributed by atoms with Crippen LogP contribution in [0.25, 0.3) is 11.1 Å². The van der Waals surface area contributed by atoms with E-state index in [1.54, 1.807) is 19.6 Å². The lowest BCUT2D eigenvalue weighted by atomic mass is 10.1. The van der Waals surface area contributed by atoms with Crippen LogP contribution in [0, 0.1) is 0 Å². The maximum absolute atomic E-state index is 11.4. The molecule has 2 heterocycles. The number of methoxy groups -OCH3 is 1. The van der Waals surface area contributed by atoms with Crippen molar-refractivity contribution in [2.24, 2.45) is 0 Å². The fourth-order valence-corrected chi connectivity index (χ4v) is 3.82. The molecule has 1 saturated heterocycles. The van der Waals surface area contributed by atoms with Gasteiger partial charge in [-0.25, -0.2) is 4.98 Å². The number of aromatic nitrogens is 1. The first-order valence-corrected chi connectivity index (χ1v) is 11.1. The zero-order valence-corrected chi connectivity index (χ0v) is 17.4. The van der Waals surface area contributed by atoms with Crippen molar-refractivity contribution >= 4 is 10.8 Å². The Bertz CT molecular complexity index is 967. The average molecular weight is 409 g/mol. The number of rotatable bonds is 7. The van der Waals surface area contributed by atoms with Gasteiger partial charge in [0.05, 0.1) is 17.9 Å². The number of hydrogen-bond donors (Lipinski definition) is 0. The quantitative estimate of drug-likeness (QED) is 0.596. The van der Waals surface area contributed by atoms with Gasteiger partial charge in [0.25, 0.3) is 0 Å². The SMILES string of the molecule is COc1ccc(CN2CC(Oc3ccc(-c4ccc(S(C)=O)nc4)cc3)C2)cc1. The molecular weight excluding hydrogens is 384 g/mol. The minimum absolute atomic E-state index is 0.222. The molecule has 150 valence electrons. The fraction of sp³-hybridized carbons (Fsp3) is 0.261. The Balaban J connectivity index is 1.28. The molecule has 1 unspecified atom stereocenters. The Morgan fingerprint density at radius 3 is 2.21 bits per heavy atom. The normalized spacial score (nSPS) is 15.5. The van der Waals surface area contributed by atoms with Crippen LogP contribution in [-0.2, 0) is 17.3 Å². The lowest BCUT2D eigenvalue weighted by Crippen LogP contribution is -2.53. The van der Waals surface area contributed by atoms with Crippen LogP contribution in [-0.4, -0.2) is 46.7 Å². The van der Waals surface area contributed by atoms with Crippen molar-refractivity contribution in [2.45, 2.75) is 17.7 Å². The van der Waals surface area contributed by atoms with E-state index in [1.165, 1.54) is 5.56 Å². The predicted octanol–water partition coefficient (Wildman–Crippen LogP) is 3.76. The number of pyridine rings is 1. The van der Waals surface area contributed by atoms with Gasteiger partial charge in [0.1, 0.15) is 22.6 Å². The molecule has 0 spiro atoms. The minimum atomic E-state index is -1.06. The van der Waals surface area contributed by atoms with E-state index in [2.05, 4.69) is 22.0 Å². The first-order chi connectivity index (χ1) is 14.1. The molecule has 5 nitrogen and oxygen atoms in total. The van der Waals surface area contributed by atoms with Crippen molar-refractivity contribution in [3.63, 3.8) is 0 Å². The van der Waals surface area contributed by atoms with Crippen LogP contribution in [0.5, 0.6) is 11.5 Å². The molecular formula is C23H24N2O3S. The fourth-order valence-electron chi connectivity index (χ4n) is 3.35. The van der Waals surface area contributed by atoms with Gasteiger partial charge in [-0.15, -0.1) is 0 Å². The van der Waals surface area contributed by atoms with Crippen LogP contribution in [0.2, 0.25) is 0 Å². The van der Waals surface area contributed by atoms with Crippen LogP contribution in [0.15, 0.2) is 71.9 Å². The van der Waals surface area contributed by atoms with Gasteiger partial charge in [-0.05, 0) is 41.5 Å². The summed E-state index contributed by atoms with van der Waals surface area (Å²) < 4.78 is 22.7. The lowest BCUT2D eigenvalue weighted by Gasteiger charge is -2.39. The molecule has 1 fully saturated rings. The Hall–Kier alpha value is -2.70. The minimum Gasteiger partial charge on any atom is -0.497 e. The maximum Gasteiger partial charge on any atom is 0.126 e. The van der Waals surface area contributed by atoms with Crippen molar-refractivity contribution in [3.8, 4) is 22.6 Å². The Labute approximate surface area is 173 Å². The highest BCUT2D eigenvalue weighted by molar-refractivity contribution is 7.84. The third-order valence-electron chi connectivity index (χ3n) is 5.01. The van der Waals surface area contributed by atoms with E-state index >= 15 is 0 Å². The molecule has 4 rings (SSSR count). The third kappa shape index (κ3) is 4.83. The molecule has 0 saturated carbocycles. The topological polar surface area (TPSA) is 51.7 Å². The molecule has 1 aromatic heterocycles. The summed E-state index contributed by atoms with van der Waals surface area (Å²) in [5.74, 6) is 1.76. The van der Waals surface area contributed by atoms with Crippen molar-refractivity contribution in [1.29, 1.82) is 0 Å². The first-order valence-electron chi connectivity index (χ1n) is 9.52. The van der Waals surface area contributed by atoms with E-state index in [1.807, 2.05) is 48.5 Å². The average Bonchev–Trinajstić information content (AvgIpc) is 2.73. The zero-order valence-electron chi connectivity index (χ0n) is 16.6. The van der Waals surface area contributed by atoms with E-state index in [0.717, 1.165) is 42.3 Å². The van der Waals surface area contributed by atoms with Crippen molar-refractivity contribution in [1.82, 2.24) is 9.88 Å². The van der Waals surface area contributed by atoms with Crippen LogP contribution >= 0.6 is 0 Å². The highest BCUT2D eigenvalue weighted by Crippen LogP contribution is 2.25. The van der Waals surface area contributed by atoms with Gasteiger partial charge in [-0.3, -0.25) is 9.11 Å². The van der Waals surface area contributed by atoms with Gasteiger partial charge in [-0.2, -0.15) is 0 Å². The zero-order chi connectivity index (χ0) is 20.2. The summed E-state index contributed by atoms with van der Waals surface area (Å²) >= 11 is 0. The van der Waals surface area contributed by atoms with Gasteiger partial charge in [0.2, 0.25) is 0 Å². The highest BCUT2D eigenvalue weighted by Gasteiger charge is 2.28. The Kier molecular flexibility index (Phi) is 5.92. The number of hydrogen-bond acceptors (Lipinski definition) is 5. The van der Waals surface area contributed by atoms with Gasteiger partial charge < -0.3 is 9.47 Å². The van der Waals surface area contributed by atoms with Crippen LogP contribution in [0.4, 0.5) is 0 Å². The second kappa shape index (κ2) is 8.76. The molecule has 0 aliphatic carbocycles. The largest absolute Gasteiger partial charge is 0.497 e. The molecule has 1 aliphatic heterocycles. The molecule has 2 aromatic carbocycles. The van der Waals surface area contributed by atoms with Gasteiger partial charge >= 0.3 is 0 Å². The summed E-state index contributed by atoms with van der Waals surface area (Å²) in [4.78, 5) is 6.62. The van der Waals surface area contributed by atoms with Gasteiger partial charge in [-0.1, -0.05) is 30.3 Å². The number of ether oxygens (including phenoxy) is 2. The van der Waals surface area contributed by atoms with E-state index in [-0.39, 0.29) is 6.10 Å². The summed E-state index contributed by atoms with van der Waals surface area (Å²) in [6.45, 7) is 2.77. The van der Waals surface area contributed by atoms with Gasteiger partial charge in [0.15, 0.2) is 0 Å². The van der Waals surface area contributed by atoms with Crippen LogP contribution in [0.3, 0.4) is 0 Å². The second-order valence-electron chi connectivity index (χ2n) is 7.15. The van der Waals surface area contributed by atoms with Gasteiger partial charge in [0, 0.05) is 37.7 Å². The summed E-state index contributed by atoms with van der Waals surface area (Å²) in [5.41, 5.74) is 3.34. The van der Waals surface area contributed by atoms with E-state index in [0.29, 0.717) is 5.03 Å². The first kappa shape index (κ1) is 19.6. The summed E-state index contributed by atoms with van der Waals surface area (Å²) in [6.07, 6.45) is 3.61. The summed E-state index contributed by atoms with van der Waals surface area (Å²) in [5, 5.41) is 0.595. The molecule has 0 amide bonds. The monoisotopic (exact) mass is 408 g/mol. The Morgan fingerprint density at radius 2 is 1.62 bits per heavy atom. The summed E-state index contributed by atoms with van der Waals surface area (Å²) in [6, 6.07) is 20.0. The van der Waals surface area contributed by atoms with E-state index in [9.17, 15) is 4.21 Å². The Morgan fingerprint density at radius 1 is 0.966 bits per heavy atom. The van der Waals surface area contributed by atoms with Crippen LogP contribution < -0.4 is 9.47 Å². The van der Waals surface area contributed by atoms with Crippen LogP contribution in [0.1, 0.15) is 5.56 Å². The highest BCUT2D eigenvalue weighted by atomic mass is 32.2. The number of likely N-dealkylation sites (tertiary alicyclic amines) is 1. The molecule has 29 heavy (non-hydrogen) atoms. The molecule has 0 bridgehead atoms. The molecule has 6 heteroatoms. The molecule has 1 atom stereocenters. The molecule has 1 aliphatic rings. The standard InChI is InChI=1S/C23H24N2O3S/c1-27-20-8-3-17(4-9-20)14-25-15-22(16-25)28-21-10-5-18(6-11-21)19-7-12-23(24-13-19)29(2)26/h3-13,22H,14-16H2,1-2H3. The summed E-state index contributed by atoms with van der Waals surface area (Å²) in [7, 11) is 0.624. The molecule has 0 radical (unpaired) electrons. The molecule has 3 aromatic rings. The number of nitrogens with zero attached hydrogens (tertiary/aromatic N) is 2. The molecule has 0 N–H and O–H groups in total. The number of benzene rings is 2. The third-order valence-corrected chi connectivity index (χ3v) is 5.84. The lowest BCUT2D eigenvalue weighted by molar-refractivity contribution is 0.0146. The maximum atomic E-state index is 11.4. The van der Waals surface area contributed by atoms with E-state index < -0.39 is 10.8 Å². The van der Waals surface area contributed by atoms with Crippen molar-refractivity contribution < 1.29 is 13.7 Å². The van der Waals surface area contributed by atoms with E-state index in [4.69, 9.17) is 9.47 Å². The second-order valence-corrected chi connectivity index (χ2v) is 8.47. The smallest absolute Gasteiger partial charge is 0.126 e. The van der Waals surface area contributed by atoms with Crippen molar-refractivity contribution in [3.05, 3.63) is 72.4 Å². The van der Waals surface area contributed by atoms with Crippen molar-refractivity contribution in [2.75, 3.05) is 26.5 Å².